The topological polar surface area (TPSA) is 89.4 Å². The van der Waals surface area contributed by atoms with Crippen LogP contribution >= 0.6 is 11.6 Å². The van der Waals surface area contributed by atoms with Gasteiger partial charge in [0.2, 0.25) is 5.91 Å². The maximum absolute atomic E-state index is 13.4. The fraction of sp³-hybridized carbons (Fsp3) is 0.179. The number of carbonyl (C=O) groups is 3. The van der Waals surface area contributed by atoms with Crippen LogP contribution in [0.2, 0.25) is 5.02 Å². The summed E-state index contributed by atoms with van der Waals surface area (Å²) < 4.78 is 20.0. The molecule has 7 nitrogen and oxygen atoms in total. The molecule has 0 saturated heterocycles. The van der Waals surface area contributed by atoms with E-state index in [2.05, 4.69) is 10.6 Å². The normalized spacial score (nSPS) is 10.8. The lowest BCUT2D eigenvalue weighted by Gasteiger charge is -2.09. The fourth-order valence-corrected chi connectivity index (χ4v) is 4.23. The van der Waals surface area contributed by atoms with E-state index in [-0.39, 0.29) is 37.2 Å². The summed E-state index contributed by atoms with van der Waals surface area (Å²) in [4.78, 5) is 38.3. The molecule has 2 N–H and O–H groups in total. The maximum Gasteiger partial charge on any atom is 0.262 e. The van der Waals surface area contributed by atoms with Crippen LogP contribution in [0.3, 0.4) is 0 Å². The lowest BCUT2D eigenvalue weighted by molar-refractivity contribution is -0.120. The van der Waals surface area contributed by atoms with Crippen LogP contribution < -0.4 is 15.4 Å². The minimum absolute atomic E-state index is 0.0301. The van der Waals surface area contributed by atoms with Gasteiger partial charge in [-0.1, -0.05) is 11.6 Å². The summed E-state index contributed by atoms with van der Waals surface area (Å²) in [7, 11) is 1.55. The van der Waals surface area contributed by atoms with E-state index >= 15 is 0 Å². The molecule has 0 unspecified atom stereocenters. The van der Waals surface area contributed by atoms with Crippen LogP contribution in [0, 0.1) is 12.7 Å². The van der Waals surface area contributed by atoms with Crippen molar-refractivity contribution in [2.24, 2.45) is 0 Å². The van der Waals surface area contributed by atoms with Crippen molar-refractivity contribution in [2.45, 2.75) is 13.3 Å². The molecule has 0 atom stereocenters. The van der Waals surface area contributed by atoms with E-state index in [1.165, 1.54) is 24.3 Å². The van der Waals surface area contributed by atoms with Gasteiger partial charge in [-0.3, -0.25) is 19.0 Å². The van der Waals surface area contributed by atoms with Crippen LogP contribution in [-0.4, -0.2) is 42.5 Å². The molecule has 0 aliphatic rings. The standard InChI is InChI=1S/C28H25ClFN3O4/c1-17-23(16-26(34)31-13-14-32-27(35)18-5-9-21(30)10-6-18)24-15-22(37-2)11-12-25(24)33(17)28(36)19-3-7-20(29)8-4-19/h3-12,15H,13-14,16H2,1-2H3,(H,31,34)(H,32,35). The minimum atomic E-state index is -0.423. The molecule has 190 valence electrons. The van der Waals surface area contributed by atoms with Gasteiger partial charge in [0.1, 0.15) is 11.6 Å². The first-order chi connectivity index (χ1) is 17.8. The van der Waals surface area contributed by atoms with Crippen LogP contribution in [0.5, 0.6) is 5.75 Å². The van der Waals surface area contributed by atoms with E-state index in [0.717, 1.165) is 5.39 Å². The van der Waals surface area contributed by atoms with Crippen molar-refractivity contribution in [1.29, 1.82) is 0 Å². The van der Waals surface area contributed by atoms with Crippen LogP contribution in [0.15, 0.2) is 66.7 Å². The third-order valence-electron chi connectivity index (χ3n) is 6.01. The Bertz CT molecular complexity index is 1460. The predicted octanol–water partition coefficient (Wildman–Crippen LogP) is 4.53. The molecular weight excluding hydrogens is 497 g/mol. The molecule has 0 bridgehead atoms. The highest BCUT2D eigenvalue weighted by molar-refractivity contribution is 6.30. The number of aromatic nitrogens is 1. The number of hydrogen-bond donors (Lipinski definition) is 2. The average Bonchev–Trinajstić information content (AvgIpc) is 3.17. The second-order valence-corrected chi connectivity index (χ2v) is 8.82. The Labute approximate surface area is 218 Å². The summed E-state index contributed by atoms with van der Waals surface area (Å²) in [6.07, 6.45) is 0.0301. The van der Waals surface area contributed by atoms with Crippen molar-refractivity contribution < 1.29 is 23.5 Å². The Morgan fingerprint density at radius 2 is 1.57 bits per heavy atom. The molecule has 0 saturated carbocycles. The summed E-state index contributed by atoms with van der Waals surface area (Å²) >= 11 is 5.98. The van der Waals surface area contributed by atoms with Crippen LogP contribution in [0.1, 0.15) is 32.0 Å². The molecule has 3 aromatic carbocycles. The lowest BCUT2D eigenvalue weighted by Crippen LogP contribution is -2.35. The van der Waals surface area contributed by atoms with Gasteiger partial charge >= 0.3 is 0 Å². The molecule has 9 heteroatoms. The van der Waals surface area contributed by atoms with Gasteiger partial charge in [-0.15, -0.1) is 0 Å². The van der Waals surface area contributed by atoms with Gasteiger partial charge in [0.05, 0.1) is 19.0 Å². The number of benzene rings is 3. The van der Waals surface area contributed by atoms with Crippen molar-refractivity contribution in [2.75, 3.05) is 20.2 Å². The van der Waals surface area contributed by atoms with E-state index in [1.807, 2.05) is 0 Å². The SMILES string of the molecule is COc1ccc2c(c1)c(CC(=O)NCCNC(=O)c1ccc(F)cc1)c(C)n2C(=O)c1ccc(Cl)cc1. The summed E-state index contributed by atoms with van der Waals surface area (Å²) in [5.41, 5.74) is 2.79. The largest absolute Gasteiger partial charge is 0.497 e. The lowest BCUT2D eigenvalue weighted by atomic mass is 10.1. The Balaban J connectivity index is 1.49. The zero-order valence-electron chi connectivity index (χ0n) is 20.3. The number of halogens is 2. The third kappa shape index (κ3) is 5.81. The highest BCUT2D eigenvalue weighted by atomic mass is 35.5. The number of nitrogens with zero attached hydrogens (tertiary/aromatic N) is 1. The van der Waals surface area contributed by atoms with Crippen molar-refractivity contribution in [3.8, 4) is 5.75 Å². The summed E-state index contributed by atoms with van der Waals surface area (Å²) in [6.45, 7) is 2.20. The van der Waals surface area contributed by atoms with Crippen molar-refractivity contribution in [3.05, 3.63) is 100.0 Å². The molecule has 0 radical (unpaired) electrons. The zero-order chi connectivity index (χ0) is 26.5. The molecule has 0 aliphatic heterocycles. The first-order valence-corrected chi connectivity index (χ1v) is 11.9. The smallest absolute Gasteiger partial charge is 0.262 e. The van der Waals surface area contributed by atoms with Crippen molar-refractivity contribution in [1.82, 2.24) is 15.2 Å². The number of fused-ring (bicyclic) bond motifs is 1. The second-order valence-electron chi connectivity index (χ2n) is 8.38. The van der Waals surface area contributed by atoms with Crippen LogP contribution in [0.25, 0.3) is 10.9 Å². The Kier molecular flexibility index (Phi) is 7.89. The molecule has 1 aromatic heterocycles. The van der Waals surface area contributed by atoms with Gasteiger partial charge in [0.15, 0.2) is 0 Å². The average molecular weight is 522 g/mol. The molecule has 0 spiro atoms. The molecule has 4 rings (SSSR count). The minimum Gasteiger partial charge on any atom is -0.497 e. The molecule has 0 aliphatic carbocycles. The Morgan fingerprint density at radius 1 is 0.919 bits per heavy atom. The number of amides is 2. The van der Waals surface area contributed by atoms with Gasteiger partial charge in [0, 0.05) is 40.3 Å². The number of carbonyl (C=O) groups excluding carboxylic acids is 3. The summed E-state index contributed by atoms with van der Waals surface area (Å²) in [5.74, 6) is -0.679. The van der Waals surface area contributed by atoms with E-state index in [0.29, 0.717) is 38.7 Å². The first kappa shape index (κ1) is 25.9. The van der Waals surface area contributed by atoms with Gasteiger partial charge in [0.25, 0.3) is 11.8 Å². The summed E-state index contributed by atoms with van der Waals surface area (Å²) in [6, 6.07) is 17.2. The molecule has 37 heavy (non-hydrogen) atoms. The molecule has 0 fully saturated rings. The van der Waals surface area contributed by atoms with Gasteiger partial charge in [-0.2, -0.15) is 0 Å². The number of ether oxygens (including phenoxy) is 1. The number of methoxy groups -OCH3 is 1. The second kappa shape index (κ2) is 11.3. The first-order valence-electron chi connectivity index (χ1n) is 11.6. The number of rotatable bonds is 8. The molecule has 2 amide bonds. The molecule has 1 heterocycles. The third-order valence-corrected chi connectivity index (χ3v) is 6.26. The maximum atomic E-state index is 13.4. The van der Waals surface area contributed by atoms with Crippen molar-refractivity contribution in [3.63, 3.8) is 0 Å². The fourth-order valence-electron chi connectivity index (χ4n) is 4.10. The number of nitrogens with one attached hydrogen (secondary N) is 2. The van der Waals surface area contributed by atoms with Gasteiger partial charge in [-0.25, -0.2) is 4.39 Å². The van der Waals surface area contributed by atoms with Crippen LogP contribution in [-0.2, 0) is 11.2 Å². The van der Waals surface area contributed by atoms with E-state index < -0.39 is 5.82 Å². The quantitative estimate of drug-likeness (QED) is 0.333. The highest BCUT2D eigenvalue weighted by Gasteiger charge is 2.22. The molecule has 4 aromatic rings. The van der Waals surface area contributed by atoms with Gasteiger partial charge in [-0.05, 0) is 79.2 Å². The molecular formula is C28H25ClFN3O4. The predicted molar refractivity (Wildman–Crippen MR) is 140 cm³/mol. The van der Waals surface area contributed by atoms with Crippen LogP contribution in [0.4, 0.5) is 4.39 Å². The van der Waals surface area contributed by atoms with E-state index in [1.54, 1.807) is 61.1 Å². The number of hydrogen-bond acceptors (Lipinski definition) is 4. The Hall–Kier alpha value is -4.17. The summed E-state index contributed by atoms with van der Waals surface area (Å²) in [5, 5.41) is 6.74. The van der Waals surface area contributed by atoms with Crippen molar-refractivity contribution >= 4 is 40.2 Å². The van der Waals surface area contributed by atoms with E-state index in [9.17, 15) is 18.8 Å². The highest BCUT2D eigenvalue weighted by Crippen LogP contribution is 2.30. The zero-order valence-corrected chi connectivity index (χ0v) is 21.1. The van der Waals surface area contributed by atoms with E-state index in [4.69, 9.17) is 16.3 Å². The Morgan fingerprint density at radius 3 is 2.24 bits per heavy atom. The monoisotopic (exact) mass is 521 g/mol. The van der Waals surface area contributed by atoms with Gasteiger partial charge < -0.3 is 15.4 Å².